The van der Waals surface area contributed by atoms with E-state index in [-0.39, 0.29) is 41.2 Å². The zero-order valence-corrected chi connectivity index (χ0v) is 15.6. The van der Waals surface area contributed by atoms with Gasteiger partial charge in [-0.05, 0) is 50.2 Å². The van der Waals surface area contributed by atoms with Gasteiger partial charge >= 0.3 is 0 Å². The number of nitro groups is 1. The van der Waals surface area contributed by atoms with Gasteiger partial charge in [0.15, 0.2) is 0 Å². The van der Waals surface area contributed by atoms with Crippen molar-refractivity contribution in [3.8, 4) is 0 Å². The van der Waals surface area contributed by atoms with Crippen LogP contribution in [0.3, 0.4) is 0 Å². The van der Waals surface area contributed by atoms with E-state index < -0.39 is 16.9 Å². The molecule has 1 heterocycles. The molecule has 5 rings (SSSR count). The van der Waals surface area contributed by atoms with Crippen LogP contribution in [0.5, 0.6) is 0 Å². The summed E-state index contributed by atoms with van der Waals surface area (Å²) in [7, 11) is 0. The first-order valence-electron chi connectivity index (χ1n) is 9.40. The molecule has 2 fully saturated rings. The van der Waals surface area contributed by atoms with Gasteiger partial charge in [-0.3, -0.25) is 29.4 Å². The molecule has 1 N–H and O–H groups in total. The number of amides is 3. The highest BCUT2D eigenvalue weighted by atomic mass is 16.6. The summed E-state index contributed by atoms with van der Waals surface area (Å²) in [5.74, 6) is -1.58. The molecular weight excluding hydrogens is 362 g/mol. The van der Waals surface area contributed by atoms with Gasteiger partial charge in [-0.25, -0.2) is 0 Å². The van der Waals surface area contributed by atoms with E-state index in [9.17, 15) is 24.5 Å². The number of nitrogens with one attached hydrogen (secondary N) is 1. The number of non-ortho nitro benzene ring substituents is 1. The number of fused-ring (bicyclic) bond motifs is 1. The molecule has 1 aromatic carbocycles. The highest BCUT2D eigenvalue weighted by molar-refractivity contribution is 6.10. The first-order valence-corrected chi connectivity index (χ1v) is 9.40. The number of aryl methyl sites for hydroxylation is 1. The van der Waals surface area contributed by atoms with E-state index in [2.05, 4.69) is 5.32 Å². The molecule has 1 aromatic rings. The zero-order chi connectivity index (χ0) is 20.2. The van der Waals surface area contributed by atoms with Crippen LogP contribution >= 0.6 is 0 Å². The fourth-order valence-electron chi connectivity index (χ4n) is 4.74. The van der Waals surface area contributed by atoms with Crippen LogP contribution in [0.4, 0.5) is 11.4 Å². The predicted molar refractivity (Wildman–Crippen MR) is 100 cm³/mol. The first-order chi connectivity index (χ1) is 13.3. The minimum Gasteiger partial charge on any atom is -0.324 e. The Morgan fingerprint density at radius 2 is 1.75 bits per heavy atom. The third kappa shape index (κ3) is 2.71. The van der Waals surface area contributed by atoms with Crippen LogP contribution in [0, 0.1) is 40.7 Å². The lowest BCUT2D eigenvalue weighted by Gasteiger charge is -2.38. The molecule has 28 heavy (non-hydrogen) atoms. The molecule has 1 saturated carbocycles. The van der Waals surface area contributed by atoms with E-state index in [1.807, 2.05) is 12.2 Å². The maximum absolute atomic E-state index is 12.9. The average Bonchev–Trinajstić information content (AvgIpc) is 2.96. The number of imide groups is 1. The number of carbonyl (C=O) groups is 3. The lowest BCUT2D eigenvalue weighted by Crippen LogP contribution is -2.46. The summed E-state index contributed by atoms with van der Waals surface area (Å²) in [6.45, 7) is 3.19. The molecule has 2 bridgehead atoms. The normalized spacial score (nSPS) is 29.0. The molecule has 0 radical (unpaired) electrons. The van der Waals surface area contributed by atoms with Crippen LogP contribution in [0.15, 0.2) is 30.4 Å². The van der Waals surface area contributed by atoms with Crippen LogP contribution in [-0.2, 0) is 14.4 Å². The molecule has 0 spiro atoms. The smallest absolute Gasteiger partial charge is 0.269 e. The number of hydrogen-bond donors (Lipinski definition) is 1. The third-order valence-corrected chi connectivity index (χ3v) is 6.24. The van der Waals surface area contributed by atoms with Crippen LogP contribution in [0.1, 0.15) is 25.3 Å². The van der Waals surface area contributed by atoms with Gasteiger partial charge in [-0.15, -0.1) is 0 Å². The predicted octanol–water partition coefficient (Wildman–Crippen LogP) is 2.43. The van der Waals surface area contributed by atoms with E-state index in [1.165, 1.54) is 18.2 Å². The molecule has 146 valence electrons. The Bertz CT molecular complexity index is 892. The standard InChI is InChI=1S/C20H21N3O5/c1-10-9-14(23(27)28)7-8-15(10)21-18(24)11(2)22-19(25)16-12-3-4-13(6-5-12)17(16)20(22)26/h3-4,7-9,11-13,16-17H,5-6H2,1-2H3,(H,21,24)/t11-,12-,13-,16-,17-/m0/s1. The van der Waals surface area contributed by atoms with Crippen molar-refractivity contribution in [2.75, 3.05) is 5.32 Å². The minimum absolute atomic E-state index is 0.0690. The Kier molecular flexibility index (Phi) is 4.28. The maximum Gasteiger partial charge on any atom is 0.269 e. The second-order valence-electron chi connectivity index (χ2n) is 7.81. The van der Waals surface area contributed by atoms with Gasteiger partial charge in [-0.2, -0.15) is 0 Å². The summed E-state index contributed by atoms with van der Waals surface area (Å²) in [4.78, 5) is 50.1. The number of hydrogen-bond acceptors (Lipinski definition) is 5. The third-order valence-electron chi connectivity index (χ3n) is 6.24. The fraction of sp³-hybridized carbons (Fsp3) is 0.450. The molecule has 3 aliphatic carbocycles. The number of anilines is 1. The average molecular weight is 383 g/mol. The van der Waals surface area contributed by atoms with E-state index in [0.717, 1.165) is 17.7 Å². The molecule has 4 aliphatic rings. The van der Waals surface area contributed by atoms with Crippen LogP contribution < -0.4 is 5.32 Å². The zero-order valence-electron chi connectivity index (χ0n) is 15.6. The Hall–Kier alpha value is -3.03. The van der Waals surface area contributed by atoms with Crippen molar-refractivity contribution in [2.45, 2.75) is 32.7 Å². The monoisotopic (exact) mass is 383 g/mol. The van der Waals surface area contributed by atoms with Crippen molar-refractivity contribution in [3.05, 3.63) is 46.0 Å². The van der Waals surface area contributed by atoms with Gasteiger partial charge in [0.25, 0.3) is 5.69 Å². The van der Waals surface area contributed by atoms with Gasteiger partial charge in [0, 0.05) is 17.8 Å². The number of likely N-dealkylation sites (tertiary alicyclic amines) is 1. The summed E-state index contributed by atoms with van der Waals surface area (Å²) >= 11 is 0. The summed E-state index contributed by atoms with van der Waals surface area (Å²) in [5, 5.41) is 13.5. The lowest BCUT2D eigenvalue weighted by atomic mass is 9.63. The molecule has 3 amide bonds. The van der Waals surface area contributed by atoms with E-state index in [0.29, 0.717) is 11.3 Å². The number of carbonyl (C=O) groups excluding carboxylic acids is 3. The first kappa shape index (κ1) is 18.3. The summed E-state index contributed by atoms with van der Waals surface area (Å²) in [6.07, 6.45) is 5.87. The topological polar surface area (TPSA) is 110 Å². The second-order valence-corrected chi connectivity index (χ2v) is 7.81. The SMILES string of the molecule is Cc1cc([N+](=O)[O-])ccc1NC(=O)[C@H](C)N1C(=O)[C@@H]2[C@@H](C1=O)[C@H]1C=C[C@H]2CC1. The van der Waals surface area contributed by atoms with E-state index in [1.54, 1.807) is 13.8 Å². The Labute approximate surface area is 161 Å². The number of allylic oxidation sites excluding steroid dienone is 2. The molecule has 8 heteroatoms. The lowest BCUT2D eigenvalue weighted by molar-refractivity contribution is -0.384. The van der Waals surface area contributed by atoms with Gasteiger partial charge in [0.1, 0.15) is 6.04 Å². The Morgan fingerprint density at radius 3 is 2.21 bits per heavy atom. The van der Waals surface area contributed by atoms with Crippen LogP contribution in [-0.4, -0.2) is 33.6 Å². The number of nitro benzene ring substituents is 1. The highest BCUT2D eigenvalue weighted by Crippen LogP contribution is 2.50. The molecule has 5 atom stereocenters. The number of rotatable bonds is 4. The Morgan fingerprint density at radius 1 is 1.18 bits per heavy atom. The highest BCUT2D eigenvalue weighted by Gasteiger charge is 2.58. The van der Waals surface area contributed by atoms with Crippen molar-refractivity contribution in [2.24, 2.45) is 23.7 Å². The Balaban J connectivity index is 1.52. The van der Waals surface area contributed by atoms with Gasteiger partial charge < -0.3 is 5.32 Å². The molecule has 8 nitrogen and oxygen atoms in total. The van der Waals surface area contributed by atoms with Crippen LogP contribution in [0.2, 0.25) is 0 Å². The maximum atomic E-state index is 12.9. The van der Waals surface area contributed by atoms with Gasteiger partial charge in [0.2, 0.25) is 17.7 Å². The second kappa shape index (κ2) is 6.54. The van der Waals surface area contributed by atoms with Gasteiger partial charge in [0.05, 0.1) is 16.8 Å². The van der Waals surface area contributed by atoms with E-state index >= 15 is 0 Å². The van der Waals surface area contributed by atoms with Crippen molar-refractivity contribution in [3.63, 3.8) is 0 Å². The quantitative estimate of drug-likeness (QED) is 0.372. The fourth-order valence-corrected chi connectivity index (χ4v) is 4.74. The summed E-state index contributed by atoms with van der Waals surface area (Å²) < 4.78 is 0. The number of nitrogens with zero attached hydrogens (tertiary/aromatic N) is 2. The van der Waals surface area contributed by atoms with Crippen molar-refractivity contribution in [1.82, 2.24) is 4.90 Å². The minimum atomic E-state index is -0.945. The molecule has 0 aromatic heterocycles. The largest absolute Gasteiger partial charge is 0.324 e. The van der Waals surface area contributed by atoms with Crippen molar-refractivity contribution >= 4 is 29.1 Å². The molecular formula is C20H21N3O5. The van der Waals surface area contributed by atoms with E-state index in [4.69, 9.17) is 0 Å². The number of benzene rings is 1. The molecule has 0 unspecified atom stereocenters. The van der Waals surface area contributed by atoms with Crippen molar-refractivity contribution < 1.29 is 19.3 Å². The summed E-state index contributed by atoms with van der Waals surface area (Å²) in [6, 6.07) is 3.18. The van der Waals surface area contributed by atoms with Gasteiger partial charge in [-0.1, -0.05) is 12.2 Å². The molecule has 1 saturated heterocycles. The van der Waals surface area contributed by atoms with Crippen LogP contribution in [0.25, 0.3) is 0 Å². The van der Waals surface area contributed by atoms with Crippen molar-refractivity contribution in [1.29, 1.82) is 0 Å². The molecule has 1 aliphatic heterocycles. The summed E-state index contributed by atoms with van der Waals surface area (Å²) in [5.41, 5.74) is 0.880.